The fraction of sp³-hybridized carbons (Fsp3) is 0.304. The van der Waals surface area contributed by atoms with Crippen LogP contribution in [0.2, 0.25) is 5.02 Å². The van der Waals surface area contributed by atoms with Crippen LogP contribution in [-0.2, 0) is 16.0 Å². The molecule has 4 amide bonds. The fourth-order valence-electron chi connectivity index (χ4n) is 4.00. The Labute approximate surface area is 185 Å². The van der Waals surface area contributed by atoms with E-state index in [0.29, 0.717) is 42.3 Å². The first-order valence-corrected chi connectivity index (χ1v) is 10.5. The molecule has 1 unspecified atom stereocenters. The van der Waals surface area contributed by atoms with Gasteiger partial charge in [-0.25, -0.2) is 0 Å². The molecule has 2 aliphatic rings. The van der Waals surface area contributed by atoms with Crippen LogP contribution in [0.15, 0.2) is 48.5 Å². The van der Waals surface area contributed by atoms with E-state index in [-0.39, 0.29) is 18.2 Å². The molecule has 1 atom stereocenters. The van der Waals surface area contributed by atoms with Gasteiger partial charge in [0, 0.05) is 31.2 Å². The van der Waals surface area contributed by atoms with Gasteiger partial charge in [-0.2, -0.15) is 0 Å². The van der Waals surface area contributed by atoms with E-state index in [0.717, 1.165) is 10.5 Å². The number of carbonyl (C=O) groups is 4. The predicted molar refractivity (Wildman–Crippen MR) is 115 cm³/mol. The number of fused-ring (bicyclic) bond motifs is 1. The second-order valence-electron chi connectivity index (χ2n) is 7.71. The lowest BCUT2D eigenvalue weighted by molar-refractivity contribution is -0.141. The molecule has 0 bridgehead atoms. The maximum atomic E-state index is 13.0. The zero-order valence-electron chi connectivity index (χ0n) is 17.1. The lowest BCUT2D eigenvalue weighted by Gasteiger charge is -2.37. The Hall–Kier alpha value is -3.19. The normalized spacial score (nSPS) is 17.0. The summed E-state index contributed by atoms with van der Waals surface area (Å²) in [6, 6.07) is 12.8. The van der Waals surface area contributed by atoms with E-state index >= 15 is 0 Å². The van der Waals surface area contributed by atoms with Crippen LogP contribution in [0.25, 0.3) is 0 Å². The molecule has 2 aromatic carbocycles. The number of hydrogen-bond donors (Lipinski definition) is 0. The Bertz CT molecular complexity index is 1010. The van der Waals surface area contributed by atoms with Crippen molar-refractivity contribution in [2.24, 2.45) is 0 Å². The van der Waals surface area contributed by atoms with E-state index in [9.17, 15) is 19.2 Å². The van der Waals surface area contributed by atoms with Crippen LogP contribution < -0.4 is 0 Å². The molecular formula is C23H22ClN3O4. The Morgan fingerprint density at radius 1 is 0.871 bits per heavy atom. The van der Waals surface area contributed by atoms with E-state index in [1.165, 1.54) is 0 Å². The SMILES string of the molecule is CC(C(=O)N1CCN(C(=O)Cc2ccc(Cl)cc2)CC1)N1C(=O)c2ccccc2C1=O. The first-order chi connectivity index (χ1) is 14.9. The highest BCUT2D eigenvalue weighted by Crippen LogP contribution is 2.25. The largest absolute Gasteiger partial charge is 0.339 e. The van der Waals surface area contributed by atoms with Crippen LogP contribution in [0, 0.1) is 0 Å². The van der Waals surface area contributed by atoms with E-state index in [2.05, 4.69) is 0 Å². The summed E-state index contributed by atoms with van der Waals surface area (Å²) >= 11 is 5.88. The van der Waals surface area contributed by atoms with Crippen molar-refractivity contribution in [2.75, 3.05) is 26.2 Å². The van der Waals surface area contributed by atoms with Gasteiger partial charge in [0.15, 0.2) is 0 Å². The third kappa shape index (κ3) is 4.05. The van der Waals surface area contributed by atoms with Crippen molar-refractivity contribution >= 4 is 35.2 Å². The number of benzene rings is 2. The van der Waals surface area contributed by atoms with E-state index in [4.69, 9.17) is 11.6 Å². The minimum Gasteiger partial charge on any atom is -0.339 e. The van der Waals surface area contributed by atoms with E-state index in [1.807, 2.05) is 12.1 Å². The Balaban J connectivity index is 1.35. The van der Waals surface area contributed by atoms with Gasteiger partial charge in [-0.05, 0) is 36.8 Å². The van der Waals surface area contributed by atoms with Crippen molar-refractivity contribution in [1.82, 2.24) is 14.7 Å². The highest BCUT2D eigenvalue weighted by atomic mass is 35.5. The summed E-state index contributed by atoms with van der Waals surface area (Å²) in [5.41, 5.74) is 1.53. The van der Waals surface area contributed by atoms with Crippen LogP contribution in [-0.4, -0.2) is 70.5 Å². The summed E-state index contributed by atoms with van der Waals surface area (Å²) < 4.78 is 0. The smallest absolute Gasteiger partial charge is 0.262 e. The minimum atomic E-state index is -0.899. The van der Waals surface area contributed by atoms with Crippen LogP contribution in [0.1, 0.15) is 33.2 Å². The summed E-state index contributed by atoms with van der Waals surface area (Å²) in [6.45, 7) is 3.11. The molecule has 0 radical (unpaired) electrons. The molecule has 2 aliphatic heterocycles. The number of hydrogen-bond acceptors (Lipinski definition) is 4. The summed E-state index contributed by atoms with van der Waals surface area (Å²) in [7, 11) is 0. The Morgan fingerprint density at radius 2 is 1.39 bits per heavy atom. The lowest BCUT2D eigenvalue weighted by atomic mass is 10.1. The number of nitrogens with zero attached hydrogens (tertiary/aromatic N) is 3. The zero-order valence-corrected chi connectivity index (χ0v) is 17.8. The average Bonchev–Trinajstić information content (AvgIpc) is 3.04. The van der Waals surface area contributed by atoms with Crippen molar-refractivity contribution in [1.29, 1.82) is 0 Å². The van der Waals surface area contributed by atoms with Gasteiger partial charge < -0.3 is 9.80 Å². The molecule has 160 valence electrons. The van der Waals surface area contributed by atoms with Crippen LogP contribution in [0.3, 0.4) is 0 Å². The fourth-order valence-corrected chi connectivity index (χ4v) is 4.13. The van der Waals surface area contributed by atoms with Crippen molar-refractivity contribution < 1.29 is 19.2 Å². The van der Waals surface area contributed by atoms with Crippen molar-refractivity contribution in [3.05, 3.63) is 70.2 Å². The zero-order chi connectivity index (χ0) is 22.1. The van der Waals surface area contributed by atoms with Crippen molar-refractivity contribution in [3.8, 4) is 0 Å². The van der Waals surface area contributed by atoms with Gasteiger partial charge in [0.1, 0.15) is 6.04 Å². The molecule has 4 rings (SSSR count). The molecule has 0 aromatic heterocycles. The van der Waals surface area contributed by atoms with Gasteiger partial charge in [-0.15, -0.1) is 0 Å². The van der Waals surface area contributed by atoms with Gasteiger partial charge in [0.25, 0.3) is 11.8 Å². The van der Waals surface area contributed by atoms with Crippen molar-refractivity contribution in [2.45, 2.75) is 19.4 Å². The average molecular weight is 440 g/mol. The quantitative estimate of drug-likeness (QED) is 0.684. The highest BCUT2D eigenvalue weighted by molar-refractivity contribution is 6.30. The molecule has 31 heavy (non-hydrogen) atoms. The molecule has 0 aliphatic carbocycles. The molecule has 0 saturated carbocycles. The molecule has 7 nitrogen and oxygen atoms in total. The summed E-state index contributed by atoms with van der Waals surface area (Å²) in [6.07, 6.45) is 0.274. The molecule has 2 aromatic rings. The number of halogens is 1. The minimum absolute atomic E-state index is 0.0113. The summed E-state index contributed by atoms with van der Waals surface area (Å²) in [5, 5.41) is 0.621. The Morgan fingerprint density at radius 3 is 1.94 bits per heavy atom. The maximum absolute atomic E-state index is 13.0. The van der Waals surface area contributed by atoms with Gasteiger partial charge in [-0.1, -0.05) is 35.9 Å². The first kappa shape index (κ1) is 21.1. The summed E-state index contributed by atoms with van der Waals surface area (Å²) in [4.78, 5) is 55.2. The third-order valence-corrected chi connectivity index (χ3v) is 6.03. The molecule has 0 spiro atoms. The molecule has 2 heterocycles. The van der Waals surface area contributed by atoms with Gasteiger partial charge >= 0.3 is 0 Å². The summed E-state index contributed by atoms with van der Waals surface area (Å²) in [5.74, 6) is -1.20. The highest BCUT2D eigenvalue weighted by Gasteiger charge is 2.42. The second-order valence-corrected chi connectivity index (χ2v) is 8.15. The number of amides is 4. The van der Waals surface area contributed by atoms with Gasteiger partial charge in [0.05, 0.1) is 17.5 Å². The van der Waals surface area contributed by atoms with E-state index in [1.54, 1.807) is 53.1 Å². The lowest BCUT2D eigenvalue weighted by Crippen LogP contribution is -2.56. The first-order valence-electron chi connectivity index (χ1n) is 10.1. The number of carbonyl (C=O) groups excluding carboxylic acids is 4. The third-order valence-electron chi connectivity index (χ3n) is 5.78. The van der Waals surface area contributed by atoms with Crippen LogP contribution in [0.5, 0.6) is 0 Å². The van der Waals surface area contributed by atoms with Crippen molar-refractivity contribution in [3.63, 3.8) is 0 Å². The second kappa shape index (κ2) is 8.51. The van der Waals surface area contributed by atoms with Gasteiger partial charge in [0.2, 0.25) is 11.8 Å². The van der Waals surface area contributed by atoms with E-state index < -0.39 is 17.9 Å². The monoisotopic (exact) mass is 439 g/mol. The molecule has 1 fully saturated rings. The topological polar surface area (TPSA) is 78.0 Å². The number of imide groups is 1. The number of rotatable bonds is 4. The van der Waals surface area contributed by atoms with Crippen LogP contribution in [0.4, 0.5) is 0 Å². The predicted octanol–water partition coefficient (Wildman–Crippen LogP) is 2.24. The van der Waals surface area contributed by atoms with Crippen LogP contribution >= 0.6 is 11.6 Å². The molecular weight excluding hydrogens is 418 g/mol. The molecule has 1 saturated heterocycles. The number of piperazine rings is 1. The molecule has 8 heteroatoms. The molecule has 0 N–H and O–H groups in total. The standard InChI is InChI=1S/C23H22ClN3O4/c1-15(27-22(30)18-4-2-3-5-19(18)23(27)31)21(29)26-12-10-25(11-13-26)20(28)14-16-6-8-17(24)9-7-16/h2-9,15H,10-14H2,1H3. The van der Waals surface area contributed by atoms with Gasteiger partial charge in [-0.3, -0.25) is 24.1 Å². The maximum Gasteiger partial charge on any atom is 0.262 e. The Kier molecular flexibility index (Phi) is 5.78.